The summed E-state index contributed by atoms with van der Waals surface area (Å²) in [6.07, 6.45) is 1.10. The first-order chi connectivity index (χ1) is 16.0. The molecule has 1 amide bonds. The van der Waals surface area contributed by atoms with Crippen molar-refractivity contribution in [2.75, 3.05) is 22.9 Å². The maximum absolute atomic E-state index is 14.8. The third-order valence-electron chi connectivity index (χ3n) is 5.58. The Balaban J connectivity index is 1.71. The van der Waals surface area contributed by atoms with Crippen LogP contribution in [0.4, 0.5) is 20.2 Å². The zero-order chi connectivity index (χ0) is 24.8. The molecule has 4 rings (SSSR count). The number of hydrogen-bond donors (Lipinski definition) is 1. The minimum absolute atomic E-state index is 0.0778. The van der Waals surface area contributed by atoms with Gasteiger partial charge in [-0.15, -0.1) is 0 Å². The van der Waals surface area contributed by atoms with E-state index in [1.54, 1.807) is 54.1 Å². The molecule has 3 aromatic carbocycles. The number of carbonyl (C=O) groups excluding carboxylic acids is 1. The van der Waals surface area contributed by atoms with E-state index in [0.717, 1.165) is 10.6 Å². The van der Waals surface area contributed by atoms with Gasteiger partial charge in [0, 0.05) is 25.0 Å². The number of amides is 1. The topological polar surface area (TPSA) is 71.4 Å². The van der Waals surface area contributed by atoms with Gasteiger partial charge in [-0.25, -0.2) is 17.2 Å². The summed E-state index contributed by atoms with van der Waals surface area (Å²) in [5.74, 6) is -1.74. The van der Waals surface area contributed by atoms with Gasteiger partial charge in [0.05, 0.1) is 27.6 Å². The number of fused-ring (bicyclic) bond motifs is 1. The zero-order valence-corrected chi connectivity index (χ0v) is 20.8. The van der Waals surface area contributed by atoms with Gasteiger partial charge >= 0.3 is 0 Å². The van der Waals surface area contributed by atoms with Crippen LogP contribution < -0.4 is 9.62 Å². The minimum Gasteiger partial charge on any atom is -0.340 e. The lowest BCUT2D eigenvalue weighted by Gasteiger charge is -2.16. The maximum Gasteiger partial charge on any atom is 0.272 e. The number of rotatable bonds is 5. The molecule has 0 atom stereocenters. The molecule has 0 spiro atoms. The van der Waals surface area contributed by atoms with E-state index in [1.165, 1.54) is 25.2 Å². The van der Waals surface area contributed by atoms with E-state index in [9.17, 15) is 22.0 Å². The Morgan fingerprint density at radius 3 is 2.44 bits per heavy atom. The van der Waals surface area contributed by atoms with Gasteiger partial charge in [-0.05, 0) is 57.9 Å². The van der Waals surface area contributed by atoms with Crippen LogP contribution in [0.15, 0.2) is 65.1 Å². The summed E-state index contributed by atoms with van der Waals surface area (Å²) in [6.45, 7) is 0. The molecule has 0 radical (unpaired) electrons. The summed E-state index contributed by atoms with van der Waals surface area (Å²) in [5, 5.41) is 3.28. The molecule has 6 nitrogen and oxygen atoms in total. The molecule has 4 aromatic rings. The van der Waals surface area contributed by atoms with Gasteiger partial charge in [-0.3, -0.25) is 9.10 Å². The van der Waals surface area contributed by atoms with Crippen LogP contribution in [0, 0.1) is 11.6 Å². The molecular weight excluding hydrogens is 528 g/mol. The quantitative estimate of drug-likeness (QED) is 0.357. The molecule has 0 aliphatic heterocycles. The molecule has 1 N–H and O–H groups in total. The van der Waals surface area contributed by atoms with Crippen molar-refractivity contribution in [3.05, 3.63) is 82.5 Å². The lowest BCUT2D eigenvalue weighted by atomic mass is 10.0. The fraction of sp³-hybridized carbons (Fsp3) is 0.125. The number of anilines is 2. The van der Waals surface area contributed by atoms with Crippen molar-refractivity contribution in [2.24, 2.45) is 7.05 Å². The Morgan fingerprint density at radius 2 is 1.76 bits per heavy atom. The molecule has 0 saturated carbocycles. The van der Waals surface area contributed by atoms with Crippen LogP contribution in [0.5, 0.6) is 0 Å². The number of aryl methyl sites for hydroxylation is 1. The van der Waals surface area contributed by atoms with Gasteiger partial charge in [0.25, 0.3) is 5.91 Å². The number of nitrogens with one attached hydrogen (secondary N) is 1. The number of carbonyl (C=O) groups is 1. The number of aromatic nitrogens is 1. The molecule has 0 unspecified atom stereocenters. The largest absolute Gasteiger partial charge is 0.340 e. The highest BCUT2D eigenvalue weighted by atomic mass is 79.9. The fourth-order valence-electron chi connectivity index (χ4n) is 3.64. The normalized spacial score (nSPS) is 11.6. The number of halogens is 3. The van der Waals surface area contributed by atoms with E-state index in [4.69, 9.17) is 0 Å². The summed E-state index contributed by atoms with van der Waals surface area (Å²) < 4.78 is 55.6. The first-order valence-electron chi connectivity index (χ1n) is 10.1. The van der Waals surface area contributed by atoms with E-state index in [0.29, 0.717) is 22.2 Å². The zero-order valence-electron chi connectivity index (χ0n) is 18.4. The van der Waals surface area contributed by atoms with Gasteiger partial charge in [0.15, 0.2) is 5.82 Å². The molecule has 1 aromatic heterocycles. The first-order valence-corrected chi connectivity index (χ1v) is 12.7. The standard InChI is InChI=1S/C24H20BrF2N3O3S/c1-29-21-13-16(30(2)34(3,32)33)9-8-14(21)12-22(29)24(31)28-20-11-15(10-18(25)23(20)27)17-6-4-5-7-19(17)26/h4-13H,1-3H3,(H,28,31). The van der Waals surface area contributed by atoms with Crippen LogP contribution in [0.1, 0.15) is 10.5 Å². The van der Waals surface area contributed by atoms with E-state index in [1.807, 2.05) is 0 Å². The predicted octanol–water partition coefficient (Wildman–Crippen LogP) is 5.53. The van der Waals surface area contributed by atoms with Crippen LogP contribution in [-0.4, -0.2) is 32.2 Å². The first kappa shape index (κ1) is 23.9. The number of hydrogen-bond acceptors (Lipinski definition) is 3. The minimum atomic E-state index is -3.45. The third-order valence-corrected chi connectivity index (χ3v) is 7.37. The third kappa shape index (κ3) is 4.43. The van der Waals surface area contributed by atoms with E-state index in [-0.39, 0.29) is 21.4 Å². The van der Waals surface area contributed by atoms with Crippen molar-refractivity contribution < 1.29 is 22.0 Å². The molecule has 10 heteroatoms. The van der Waals surface area contributed by atoms with Crippen LogP contribution in [0.25, 0.3) is 22.0 Å². The average Bonchev–Trinajstić information content (AvgIpc) is 3.12. The summed E-state index contributed by atoms with van der Waals surface area (Å²) in [6, 6.07) is 15.5. The fourth-order valence-corrected chi connectivity index (χ4v) is 4.60. The lowest BCUT2D eigenvalue weighted by molar-refractivity contribution is 0.101. The number of nitrogens with zero attached hydrogens (tertiary/aromatic N) is 2. The van der Waals surface area contributed by atoms with E-state index >= 15 is 0 Å². The predicted molar refractivity (Wildman–Crippen MR) is 134 cm³/mol. The SMILES string of the molecule is CN(c1ccc2cc(C(=O)Nc3cc(-c4ccccc4F)cc(Br)c3F)n(C)c2c1)S(C)(=O)=O. The van der Waals surface area contributed by atoms with Crippen molar-refractivity contribution >= 4 is 54.1 Å². The summed E-state index contributed by atoms with van der Waals surface area (Å²) in [5.41, 5.74) is 1.86. The Morgan fingerprint density at radius 1 is 1.06 bits per heavy atom. The Hall–Kier alpha value is -3.24. The summed E-state index contributed by atoms with van der Waals surface area (Å²) in [4.78, 5) is 13.1. The molecule has 0 saturated heterocycles. The molecular formula is C24H20BrF2N3O3S. The average molecular weight is 548 g/mol. The second-order valence-corrected chi connectivity index (χ2v) is 10.7. The van der Waals surface area contributed by atoms with Gasteiger partial charge in [-0.1, -0.05) is 24.3 Å². The summed E-state index contributed by atoms with van der Waals surface area (Å²) >= 11 is 3.14. The highest BCUT2D eigenvalue weighted by molar-refractivity contribution is 9.10. The summed E-state index contributed by atoms with van der Waals surface area (Å²) in [7, 11) is -0.358. The number of benzene rings is 3. The second kappa shape index (κ2) is 8.84. The highest BCUT2D eigenvalue weighted by Gasteiger charge is 2.19. The Bertz CT molecular complexity index is 1550. The number of sulfonamides is 1. The molecule has 0 aliphatic rings. The van der Waals surface area contributed by atoms with Gasteiger partial charge in [-0.2, -0.15) is 0 Å². The maximum atomic E-state index is 14.8. The Kier molecular flexibility index (Phi) is 6.22. The van der Waals surface area contributed by atoms with Gasteiger partial charge in [0.1, 0.15) is 11.5 Å². The van der Waals surface area contributed by atoms with Crippen molar-refractivity contribution in [3.8, 4) is 11.1 Å². The van der Waals surface area contributed by atoms with E-state index < -0.39 is 27.6 Å². The smallest absolute Gasteiger partial charge is 0.272 e. The molecule has 0 bridgehead atoms. The second-order valence-electron chi connectivity index (χ2n) is 7.82. The molecule has 1 heterocycles. The van der Waals surface area contributed by atoms with E-state index in [2.05, 4.69) is 21.2 Å². The lowest BCUT2D eigenvalue weighted by Crippen LogP contribution is -2.24. The van der Waals surface area contributed by atoms with Crippen molar-refractivity contribution in [1.29, 1.82) is 0 Å². The molecule has 0 aliphatic carbocycles. The van der Waals surface area contributed by atoms with Crippen molar-refractivity contribution in [1.82, 2.24) is 4.57 Å². The van der Waals surface area contributed by atoms with Crippen LogP contribution in [-0.2, 0) is 17.1 Å². The van der Waals surface area contributed by atoms with Gasteiger partial charge in [0.2, 0.25) is 10.0 Å². The van der Waals surface area contributed by atoms with Crippen LogP contribution >= 0.6 is 15.9 Å². The van der Waals surface area contributed by atoms with Crippen LogP contribution in [0.3, 0.4) is 0 Å². The molecule has 34 heavy (non-hydrogen) atoms. The molecule has 0 fully saturated rings. The van der Waals surface area contributed by atoms with Crippen molar-refractivity contribution in [3.63, 3.8) is 0 Å². The molecule has 176 valence electrons. The van der Waals surface area contributed by atoms with Crippen LogP contribution in [0.2, 0.25) is 0 Å². The monoisotopic (exact) mass is 547 g/mol. The Labute approximate surface area is 204 Å². The van der Waals surface area contributed by atoms with Crippen molar-refractivity contribution in [2.45, 2.75) is 0 Å². The van der Waals surface area contributed by atoms with Gasteiger partial charge < -0.3 is 9.88 Å². The highest BCUT2D eigenvalue weighted by Crippen LogP contribution is 2.33.